The number of hydrogen-bond acceptors (Lipinski definition) is 2. The first-order valence-electron chi connectivity index (χ1n) is 13.9. The Balaban J connectivity index is 0.000000205. The van der Waals surface area contributed by atoms with Crippen molar-refractivity contribution < 1.29 is 20.1 Å². The Kier molecular flexibility index (Phi) is 7.56. The molecule has 0 aliphatic heterocycles. The molecule has 205 valence electrons. The number of fused-ring (bicyclic) bond motifs is 6. The summed E-state index contributed by atoms with van der Waals surface area (Å²) < 4.78 is 0. The molecule has 0 unspecified atom stereocenters. The zero-order valence-electron chi connectivity index (χ0n) is 23.4. The minimum atomic E-state index is -0.113. The van der Waals surface area contributed by atoms with Crippen molar-refractivity contribution in [1.29, 1.82) is 0 Å². The van der Waals surface area contributed by atoms with Crippen molar-refractivity contribution in [3.8, 4) is 33.6 Å². The van der Waals surface area contributed by atoms with Crippen LogP contribution < -0.4 is 0 Å². The van der Waals surface area contributed by atoms with Gasteiger partial charge in [0.15, 0.2) is 0 Å². The summed E-state index contributed by atoms with van der Waals surface area (Å²) in [4.78, 5) is 9.07. The zero-order valence-corrected chi connectivity index (χ0v) is 25.8. The first-order chi connectivity index (χ1) is 20.1. The Morgan fingerprint density at radius 3 is 2.17 bits per heavy atom. The van der Waals surface area contributed by atoms with Gasteiger partial charge in [-0.1, -0.05) is 92.0 Å². The van der Waals surface area contributed by atoms with E-state index in [2.05, 4.69) is 110 Å². The molecular formula is C39H28IrN2-2. The summed E-state index contributed by atoms with van der Waals surface area (Å²) in [7, 11) is 0. The molecule has 2 heterocycles. The van der Waals surface area contributed by atoms with Crippen molar-refractivity contribution in [3.63, 3.8) is 0 Å². The molecule has 0 fully saturated rings. The Labute approximate surface area is 260 Å². The van der Waals surface area contributed by atoms with Gasteiger partial charge in [0.1, 0.15) is 0 Å². The van der Waals surface area contributed by atoms with Crippen LogP contribution in [0.25, 0.3) is 55.2 Å². The molecule has 0 N–H and O–H groups in total. The van der Waals surface area contributed by atoms with Gasteiger partial charge in [-0.15, -0.1) is 65.0 Å². The van der Waals surface area contributed by atoms with E-state index in [1.165, 1.54) is 43.8 Å². The van der Waals surface area contributed by atoms with Gasteiger partial charge in [0.05, 0.1) is 0 Å². The van der Waals surface area contributed by atoms with E-state index < -0.39 is 0 Å². The number of hydrogen-bond donors (Lipinski definition) is 0. The minimum absolute atomic E-state index is 0. The van der Waals surface area contributed by atoms with E-state index in [1.54, 1.807) is 6.20 Å². The standard InChI is InChI=1S/C28H20N.C11H8N.Ir/c1-28(2)24-14-13-19-8-5-6-10-22(19)25(24)23-15-16-29-27(26(23)28)21-12-11-18-7-3-4-9-20(18)17-21;1-2-6-10(7-3-1)11-8-4-5-9-12-11;/h3-11,13-17H,1-2H3;1-6,8-9H;/q2*-1;. The average molecular weight is 717 g/mol. The number of rotatable bonds is 2. The van der Waals surface area contributed by atoms with Gasteiger partial charge in [-0.2, -0.15) is 0 Å². The van der Waals surface area contributed by atoms with E-state index in [-0.39, 0.29) is 25.5 Å². The number of nitrogens with zero attached hydrogens (tertiary/aromatic N) is 2. The Morgan fingerprint density at radius 1 is 0.619 bits per heavy atom. The molecule has 5 aromatic carbocycles. The number of benzene rings is 5. The minimum Gasteiger partial charge on any atom is -0.305 e. The molecule has 2 aromatic heterocycles. The van der Waals surface area contributed by atoms with Gasteiger partial charge in [-0.25, -0.2) is 0 Å². The van der Waals surface area contributed by atoms with Crippen LogP contribution in [0.2, 0.25) is 0 Å². The predicted molar refractivity (Wildman–Crippen MR) is 170 cm³/mol. The fourth-order valence-corrected chi connectivity index (χ4v) is 6.06. The van der Waals surface area contributed by atoms with Gasteiger partial charge >= 0.3 is 0 Å². The summed E-state index contributed by atoms with van der Waals surface area (Å²) >= 11 is 0. The molecular weight excluding hydrogens is 689 g/mol. The maximum absolute atomic E-state index is 4.85. The first kappa shape index (κ1) is 27.7. The van der Waals surface area contributed by atoms with Gasteiger partial charge in [0.2, 0.25) is 0 Å². The Morgan fingerprint density at radius 2 is 1.38 bits per heavy atom. The molecule has 0 saturated heterocycles. The third kappa shape index (κ3) is 4.86. The van der Waals surface area contributed by atoms with Crippen LogP contribution in [-0.4, -0.2) is 9.97 Å². The molecule has 0 amide bonds. The van der Waals surface area contributed by atoms with Crippen molar-refractivity contribution in [1.82, 2.24) is 9.97 Å². The predicted octanol–water partition coefficient (Wildman–Crippen LogP) is 9.71. The van der Waals surface area contributed by atoms with Crippen molar-refractivity contribution >= 4 is 21.5 Å². The summed E-state index contributed by atoms with van der Waals surface area (Å²) in [6, 6.07) is 48.4. The maximum atomic E-state index is 4.85. The van der Waals surface area contributed by atoms with Crippen LogP contribution >= 0.6 is 0 Å². The van der Waals surface area contributed by atoms with E-state index in [9.17, 15) is 0 Å². The molecule has 0 spiro atoms. The van der Waals surface area contributed by atoms with Crippen molar-refractivity contribution in [3.05, 3.63) is 157 Å². The normalized spacial score (nSPS) is 12.5. The summed E-state index contributed by atoms with van der Waals surface area (Å²) in [5.41, 5.74) is 9.33. The molecule has 0 bridgehead atoms. The maximum Gasteiger partial charge on any atom is 0.0167 e. The average Bonchev–Trinajstić information content (AvgIpc) is 3.29. The van der Waals surface area contributed by atoms with Crippen LogP contribution in [0.3, 0.4) is 0 Å². The molecule has 1 aliphatic rings. The summed E-state index contributed by atoms with van der Waals surface area (Å²) in [6.45, 7) is 4.64. The fraction of sp³-hybridized carbons (Fsp3) is 0.0769. The SMILES string of the molecule is CC1(C)c2ccc3ccccc3c2-c2ccnc(-c3[c-]cc4ccccc4c3)c21.[Ir].[c-]1ccccc1-c1ccccn1. The van der Waals surface area contributed by atoms with Gasteiger partial charge in [0.25, 0.3) is 0 Å². The third-order valence-corrected chi connectivity index (χ3v) is 8.03. The fourth-order valence-electron chi connectivity index (χ4n) is 6.06. The Hall–Kier alpha value is -4.43. The van der Waals surface area contributed by atoms with Crippen LogP contribution in [0.1, 0.15) is 25.0 Å². The molecule has 0 saturated carbocycles. The molecule has 7 aromatic rings. The molecule has 3 heteroatoms. The van der Waals surface area contributed by atoms with E-state index in [0.717, 1.165) is 22.5 Å². The van der Waals surface area contributed by atoms with Crippen molar-refractivity contribution in [2.45, 2.75) is 19.3 Å². The van der Waals surface area contributed by atoms with Gasteiger partial charge in [-0.05, 0) is 56.5 Å². The van der Waals surface area contributed by atoms with E-state index in [0.29, 0.717) is 0 Å². The third-order valence-electron chi connectivity index (χ3n) is 8.03. The van der Waals surface area contributed by atoms with E-state index in [4.69, 9.17) is 4.98 Å². The monoisotopic (exact) mass is 717 g/mol. The van der Waals surface area contributed by atoms with Crippen molar-refractivity contribution in [2.24, 2.45) is 0 Å². The molecule has 1 radical (unpaired) electrons. The van der Waals surface area contributed by atoms with Gasteiger partial charge in [0, 0.05) is 37.9 Å². The second-order valence-corrected chi connectivity index (χ2v) is 10.9. The van der Waals surface area contributed by atoms with Crippen LogP contribution in [-0.2, 0) is 25.5 Å². The Bertz CT molecular complexity index is 1980. The van der Waals surface area contributed by atoms with E-state index >= 15 is 0 Å². The summed E-state index contributed by atoms with van der Waals surface area (Å²) in [5.74, 6) is 0. The molecule has 1 aliphatic carbocycles. The second kappa shape index (κ2) is 11.4. The number of pyridine rings is 2. The topological polar surface area (TPSA) is 25.8 Å². The molecule has 42 heavy (non-hydrogen) atoms. The van der Waals surface area contributed by atoms with Crippen LogP contribution in [0.5, 0.6) is 0 Å². The number of aromatic nitrogens is 2. The summed E-state index contributed by atoms with van der Waals surface area (Å²) in [6.07, 6.45) is 3.74. The zero-order chi connectivity index (χ0) is 27.8. The van der Waals surface area contributed by atoms with E-state index in [1.807, 2.05) is 48.7 Å². The summed E-state index contributed by atoms with van der Waals surface area (Å²) in [5, 5.41) is 5.03. The molecule has 0 atom stereocenters. The largest absolute Gasteiger partial charge is 0.305 e. The van der Waals surface area contributed by atoms with Gasteiger partial charge in [-0.3, -0.25) is 0 Å². The van der Waals surface area contributed by atoms with Crippen LogP contribution in [0.4, 0.5) is 0 Å². The second-order valence-electron chi connectivity index (χ2n) is 10.9. The smallest absolute Gasteiger partial charge is 0.0167 e. The van der Waals surface area contributed by atoms with Gasteiger partial charge < -0.3 is 9.97 Å². The van der Waals surface area contributed by atoms with Crippen LogP contribution in [0.15, 0.2) is 134 Å². The quantitative estimate of drug-likeness (QED) is 0.167. The molecule has 8 rings (SSSR count). The first-order valence-corrected chi connectivity index (χ1v) is 13.9. The molecule has 2 nitrogen and oxygen atoms in total. The van der Waals surface area contributed by atoms with Crippen LogP contribution in [0, 0.1) is 12.1 Å². The van der Waals surface area contributed by atoms with Crippen molar-refractivity contribution in [2.75, 3.05) is 0 Å².